The fourth-order valence-corrected chi connectivity index (χ4v) is 3.83. The van der Waals surface area contributed by atoms with Crippen molar-refractivity contribution in [3.63, 3.8) is 0 Å². The Labute approximate surface area is 181 Å². The first-order chi connectivity index (χ1) is 15.3. The molecule has 0 fully saturated rings. The molecule has 3 aromatic rings. The first-order valence-corrected chi connectivity index (χ1v) is 10.1. The molecule has 4 rings (SSSR count). The van der Waals surface area contributed by atoms with E-state index in [2.05, 4.69) is 5.32 Å². The molecule has 0 aromatic heterocycles. The van der Waals surface area contributed by atoms with E-state index in [0.717, 1.165) is 22.4 Å². The van der Waals surface area contributed by atoms with Crippen LogP contribution in [0, 0.1) is 0 Å². The van der Waals surface area contributed by atoms with Crippen molar-refractivity contribution in [1.29, 1.82) is 0 Å². The summed E-state index contributed by atoms with van der Waals surface area (Å²) in [7, 11) is 0. The second-order valence-electron chi connectivity index (χ2n) is 7.55. The lowest BCUT2D eigenvalue weighted by atomic mass is 9.94. The van der Waals surface area contributed by atoms with E-state index < -0.39 is 23.6 Å². The molecule has 3 amide bonds. The molecular weight excluding hydrogens is 421 g/mol. The van der Waals surface area contributed by atoms with Gasteiger partial charge in [-0.25, -0.2) is 0 Å². The van der Waals surface area contributed by atoms with Gasteiger partial charge in [-0.05, 0) is 41.6 Å². The first kappa shape index (κ1) is 21.5. The lowest BCUT2D eigenvalue weighted by Gasteiger charge is -2.27. The zero-order valence-corrected chi connectivity index (χ0v) is 16.9. The number of imide groups is 1. The molecule has 0 atom stereocenters. The molecular formula is C24H19F3N2O3. The van der Waals surface area contributed by atoms with Crippen molar-refractivity contribution in [3.8, 4) is 0 Å². The van der Waals surface area contributed by atoms with E-state index in [4.69, 9.17) is 0 Å². The van der Waals surface area contributed by atoms with Crippen LogP contribution in [0.15, 0.2) is 60.7 Å². The number of halogens is 3. The zero-order valence-electron chi connectivity index (χ0n) is 16.9. The summed E-state index contributed by atoms with van der Waals surface area (Å²) in [6.07, 6.45) is -4.18. The van der Waals surface area contributed by atoms with Crippen LogP contribution >= 0.6 is 0 Å². The van der Waals surface area contributed by atoms with Crippen molar-refractivity contribution in [1.82, 2.24) is 10.2 Å². The van der Waals surface area contributed by atoms with E-state index >= 15 is 0 Å². The molecule has 32 heavy (non-hydrogen) atoms. The summed E-state index contributed by atoms with van der Waals surface area (Å²) in [5, 5.41) is 4.03. The third-order valence-corrected chi connectivity index (χ3v) is 5.39. The van der Waals surface area contributed by atoms with Gasteiger partial charge in [-0.3, -0.25) is 19.3 Å². The van der Waals surface area contributed by atoms with Gasteiger partial charge in [-0.1, -0.05) is 36.4 Å². The minimum absolute atomic E-state index is 0.0296. The van der Waals surface area contributed by atoms with Gasteiger partial charge in [0.1, 0.15) is 0 Å². The van der Waals surface area contributed by atoms with E-state index in [1.54, 1.807) is 24.3 Å². The summed E-state index contributed by atoms with van der Waals surface area (Å²) in [6.45, 7) is 0.0269. The van der Waals surface area contributed by atoms with Crippen LogP contribution in [0.25, 0.3) is 10.8 Å². The second-order valence-corrected chi connectivity index (χ2v) is 7.55. The van der Waals surface area contributed by atoms with Crippen LogP contribution in [0.5, 0.6) is 0 Å². The van der Waals surface area contributed by atoms with Gasteiger partial charge >= 0.3 is 6.18 Å². The van der Waals surface area contributed by atoms with Gasteiger partial charge in [0, 0.05) is 36.0 Å². The van der Waals surface area contributed by atoms with Crippen LogP contribution in [0.2, 0.25) is 0 Å². The number of nitrogens with one attached hydrogen (secondary N) is 1. The van der Waals surface area contributed by atoms with Gasteiger partial charge in [-0.15, -0.1) is 0 Å². The maximum atomic E-state index is 12.8. The molecule has 0 unspecified atom stereocenters. The largest absolute Gasteiger partial charge is 0.416 e. The Morgan fingerprint density at radius 1 is 0.906 bits per heavy atom. The quantitative estimate of drug-likeness (QED) is 0.572. The van der Waals surface area contributed by atoms with Crippen LogP contribution in [0.3, 0.4) is 0 Å². The van der Waals surface area contributed by atoms with E-state index in [1.807, 2.05) is 12.1 Å². The lowest BCUT2D eigenvalue weighted by Crippen LogP contribution is -2.41. The predicted molar refractivity (Wildman–Crippen MR) is 112 cm³/mol. The average Bonchev–Trinajstić information content (AvgIpc) is 2.78. The Kier molecular flexibility index (Phi) is 5.69. The molecule has 0 bridgehead atoms. The fourth-order valence-electron chi connectivity index (χ4n) is 3.83. The van der Waals surface area contributed by atoms with Gasteiger partial charge in [0.2, 0.25) is 5.91 Å². The van der Waals surface area contributed by atoms with E-state index in [-0.39, 0.29) is 31.8 Å². The number of hydrogen-bond donors (Lipinski definition) is 1. The minimum atomic E-state index is -4.45. The highest BCUT2D eigenvalue weighted by Gasteiger charge is 2.32. The number of carbonyl (C=O) groups excluding carboxylic acids is 3. The number of benzene rings is 3. The number of nitrogens with zero attached hydrogens (tertiary/aromatic N) is 1. The van der Waals surface area contributed by atoms with Gasteiger partial charge in [0.25, 0.3) is 11.8 Å². The summed E-state index contributed by atoms with van der Waals surface area (Å²) >= 11 is 0. The van der Waals surface area contributed by atoms with Crippen LogP contribution in [0.4, 0.5) is 13.2 Å². The highest BCUT2D eigenvalue weighted by molar-refractivity contribution is 6.25. The number of rotatable bonds is 6. The molecule has 5 nitrogen and oxygen atoms in total. The maximum Gasteiger partial charge on any atom is 0.416 e. The highest BCUT2D eigenvalue weighted by atomic mass is 19.4. The monoisotopic (exact) mass is 440 g/mol. The number of carbonyl (C=O) groups is 3. The van der Waals surface area contributed by atoms with Crippen molar-refractivity contribution >= 4 is 28.5 Å². The highest BCUT2D eigenvalue weighted by Crippen LogP contribution is 2.30. The third-order valence-electron chi connectivity index (χ3n) is 5.39. The van der Waals surface area contributed by atoms with Gasteiger partial charge in [0.15, 0.2) is 0 Å². The molecule has 164 valence electrons. The standard InChI is InChI=1S/C24H19F3N2O3/c25-24(26,27)17-8-1-5-15(13-17)14-28-20(30)11-4-12-29-22(31)18-9-2-6-16-7-3-10-19(21(16)18)23(29)32/h1-3,5-10,13H,4,11-12,14H2,(H,28,30). The Bertz CT molecular complexity index is 1170. The normalized spacial score (nSPS) is 13.5. The maximum absolute atomic E-state index is 12.8. The average molecular weight is 440 g/mol. The number of hydrogen-bond acceptors (Lipinski definition) is 3. The molecule has 0 aliphatic carbocycles. The number of amides is 3. The molecule has 1 N–H and O–H groups in total. The topological polar surface area (TPSA) is 66.5 Å². The number of alkyl halides is 3. The molecule has 0 saturated carbocycles. The van der Waals surface area contributed by atoms with Crippen molar-refractivity contribution < 1.29 is 27.6 Å². The molecule has 0 spiro atoms. The van der Waals surface area contributed by atoms with Crippen LogP contribution in [-0.4, -0.2) is 29.2 Å². The lowest BCUT2D eigenvalue weighted by molar-refractivity contribution is -0.137. The van der Waals surface area contributed by atoms with Crippen molar-refractivity contribution in [2.24, 2.45) is 0 Å². The molecule has 3 aromatic carbocycles. The molecule has 1 aliphatic rings. The van der Waals surface area contributed by atoms with Gasteiger partial charge < -0.3 is 5.32 Å². The molecule has 1 aliphatic heterocycles. The minimum Gasteiger partial charge on any atom is -0.352 e. The molecule has 8 heteroatoms. The predicted octanol–water partition coefficient (Wildman–Crippen LogP) is 4.55. The Hall–Kier alpha value is -3.68. The van der Waals surface area contributed by atoms with Crippen molar-refractivity contribution in [2.45, 2.75) is 25.6 Å². The van der Waals surface area contributed by atoms with Crippen LogP contribution in [-0.2, 0) is 17.5 Å². The fraction of sp³-hybridized carbons (Fsp3) is 0.208. The second kappa shape index (κ2) is 8.45. The zero-order chi connectivity index (χ0) is 22.9. The Morgan fingerprint density at radius 2 is 1.53 bits per heavy atom. The van der Waals surface area contributed by atoms with Crippen molar-refractivity contribution in [2.75, 3.05) is 6.54 Å². The Balaban J connectivity index is 1.34. The third kappa shape index (κ3) is 4.21. The summed E-state index contributed by atoms with van der Waals surface area (Å²) in [5.74, 6) is -1.17. The molecule has 1 heterocycles. The van der Waals surface area contributed by atoms with Gasteiger partial charge in [-0.2, -0.15) is 13.2 Å². The van der Waals surface area contributed by atoms with Crippen LogP contribution < -0.4 is 5.32 Å². The molecule has 0 radical (unpaired) electrons. The summed E-state index contributed by atoms with van der Waals surface area (Å²) in [6, 6.07) is 15.3. The van der Waals surface area contributed by atoms with E-state index in [1.165, 1.54) is 12.1 Å². The van der Waals surface area contributed by atoms with E-state index in [9.17, 15) is 27.6 Å². The van der Waals surface area contributed by atoms with E-state index in [0.29, 0.717) is 22.1 Å². The Morgan fingerprint density at radius 3 is 2.16 bits per heavy atom. The van der Waals surface area contributed by atoms with Crippen molar-refractivity contribution in [3.05, 3.63) is 82.9 Å². The first-order valence-electron chi connectivity index (χ1n) is 10.1. The van der Waals surface area contributed by atoms with Gasteiger partial charge in [0.05, 0.1) is 5.56 Å². The van der Waals surface area contributed by atoms with Crippen LogP contribution in [0.1, 0.15) is 44.7 Å². The summed E-state index contributed by atoms with van der Waals surface area (Å²) in [4.78, 5) is 38.9. The summed E-state index contributed by atoms with van der Waals surface area (Å²) in [5.41, 5.74) is 0.458. The smallest absolute Gasteiger partial charge is 0.352 e. The summed E-state index contributed by atoms with van der Waals surface area (Å²) < 4.78 is 38.4. The SMILES string of the molecule is O=C(CCCN1C(=O)c2cccc3cccc(c23)C1=O)NCc1cccc(C(F)(F)F)c1. The molecule has 0 saturated heterocycles.